The van der Waals surface area contributed by atoms with Crippen LogP contribution in [-0.2, 0) is 11.0 Å². The van der Waals surface area contributed by atoms with Gasteiger partial charge in [0, 0.05) is 29.9 Å². The second-order valence-corrected chi connectivity index (χ2v) is 8.13. The summed E-state index contributed by atoms with van der Waals surface area (Å²) in [5, 5.41) is 7.48. The first kappa shape index (κ1) is 16.8. The van der Waals surface area contributed by atoms with Crippen LogP contribution in [0.2, 0.25) is 0 Å². The fourth-order valence-electron chi connectivity index (χ4n) is 2.51. The van der Waals surface area contributed by atoms with Crippen molar-refractivity contribution in [1.29, 1.82) is 0 Å². The van der Waals surface area contributed by atoms with E-state index in [9.17, 15) is 8.60 Å². The summed E-state index contributed by atoms with van der Waals surface area (Å²) < 4.78 is 33.2. The van der Waals surface area contributed by atoms with Gasteiger partial charge in [0.2, 0.25) is 18.2 Å². The summed E-state index contributed by atoms with van der Waals surface area (Å²) in [5.74, 6) is 0.249. The smallest absolute Gasteiger partial charge is 0.249 e. The third-order valence-corrected chi connectivity index (χ3v) is 6.52. The monoisotopic (exact) mass is 392 g/mol. The molecule has 2 N–H and O–H groups in total. The summed E-state index contributed by atoms with van der Waals surface area (Å²) in [6.07, 6.45) is 4.44. The van der Waals surface area contributed by atoms with Crippen LogP contribution in [0.5, 0.6) is 0 Å². The van der Waals surface area contributed by atoms with Gasteiger partial charge in [-0.05, 0) is 12.1 Å². The lowest BCUT2D eigenvalue weighted by Gasteiger charge is -2.25. The molecule has 0 radical (unpaired) electrons. The van der Waals surface area contributed by atoms with E-state index in [0.717, 1.165) is 0 Å². The number of aromatic nitrogens is 3. The largest absolute Gasteiger partial charge is 0.423 e. The van der Waals surface area contributed by atoms with Gasteiger partial charge in [-0.25, -0.2) is 13.6 Å². The van der Waals surface area contributed by atoms with E-state index < -0.39 is 22.8 Å². The van der Waals surface area contributed by atoms with Crippen molar-refractivity contribution in [3.8, 4) is 21.9 Å². The highest BCUT2D eigenvalue weighted by molar-refractivity contribution is 7.83. The average molecular weight is 392 g/mol. The number of hydrogen-bond donors (Lipinski definition) is 1. The number of aliphatic imine (C=N–C) groups is 1. The number of nitrogens with two attached hydrogens (primary N) is 1. The molecule has 134 valence electrons. The van der Waals surface area contributed by atoms with Gasteiger partial charge in [-0.3, -0.25) is 9.29 Å². The van der Waals surface area contributed by atoms with Gasteiger partial charge in [0.25, 0.3) is 0 Å². The van der Waals surface area contributed by atoms with Crippen LogP contribution in [0.3, 0.4) is 0 Å². The van der Waals surface area contributed by atoms with Crippen molar-refractivity contribution in [3.05, 3.63) is 41.6 Å². The first-order chi connectivity index (χ1) is 12.5. The van der Waals surface area contributed by atoms with E-state index in [1.165, 1.54) is 28.1 Å². The Morgan fingerprint density at radius 2 is 2.19 bits per heavy atom. The molecule has 0 fully saturated rings. The topological polar surface area (TPSA) is 110 Å². The number of pyridine rings is 1. The SMILES string of the molecule is CN1C(N)=NC(c2sc(-c3cncc(-c4nnco4)c3)cc2F)CS1=O. The summed E-state index contributed by atoms with van der Waals surface area (Å²) >= 11 is 1.23. The van der Waals surface area contributed by atoms with Gasteiger partial charge in [-0.15, -0.1) is 21.5 Å². The molecule has 0 bridgehead atoms. The average Bonchev–Trinajstić information content (AvgIpc) is 3.29. The highest BCUT2D eigenvalue weighted by Gasteiger charge is 2.28. The van der Waals surface area contributed by atoms with Crippen LogP contribution < -0.4 is 5.73 Å². The normalized spacial score (nSPS) is 20.2. The van der Waals surface area contributed by atoms with Crippen LogP contribution in [0.15, 0.2) is 40.3 Å². The predicted molar refractivity (Wildman–Crippen MR) is 95.9 cm³/mol. The predicted octanol–water partition coefficient (Wildman–Crippen LogP) is 1.96. The van der Waals surface area contributed by atoms with E-state index >= 15 is 0 Å². The van der Waals surface area contributed by atoms with Gasteiger partial charge in [0.1, 0.15) is 22.8 Å². The van der Waals surface area contributed by atoms with Crippen LogP contribution in [0.25, 0.3) is 21.9 Å². The Kier molecular flexibility index (Phi) is 4.24. The van der Waals surface area contributed by atoms with Crippen LogP contribution in [0.4, 0.5) is 4.39 Å². The van der Waals surface area contributed by atoms with Crippen LogP contribution in [-0.4, -0.2) is 42.5 Å². The molecule has 1 aliphatic heterocycles. The van der Waals surface area contributed by atoms with Gasteiger partial charge in [-0.1, -0.05) is 0 Å². The van der Waals surface area contributed by atoms with Crippen molar-refractivity contribution in [2.24, 2.45) is 10.7 Å². The quantitative estimate of drug-likeness (QED) is 0.729. The number of hydrogen-bond acceptors (Lipinski definition) is 8. The minimum Gasteiger partial charge on any atom is -0.423 e. The molecular formula is C15H13FN6O2S2. The number of halogens is 1. The Balaban J connectivity index is 1.70. The Bertz CT molecular complexity index is 1000. The maximum Gasteiger partial charge on any atom is 0.249 e. The number of thiophene rings is 1. The summed E-state index contributed by atoms with van der Waals surface area (Å²) in [5.41, 5.74) is 7.12. The molecule has 2 unspecified atom stereocenters. The molecule has 0 aromatic carbocycles. The van der Waals surface area contributed by atoms with Gasteiger partial charge >= 0.3 is 0 Å². The van der Waals surface area contributed by atoms with Gasteiger partial charge in [-0.2, -0.15) is 0 Å². The summed E-state index contributed by atoms with van der Waals surface area (Å²) in [6.45, 7) is 0. The first-order valence-corrected chi connectivity index (χ1v) is 9.59. The van der Waals surface area contributed by atoms with E-state index in [0.29, 0.717) is 26.8 Å². The van der Waals surface area contributed by atoms with E-state index in [4.69, 9.17) is 10.2 Å². The van der Waals surface area contributed by atoms with E-state index in [1.54, 1.807) is 25.5 Å². The van der Waals surface area contributed by atoms with E-state index in [1.807, 2.05) is 0 Å². The lowest BCUT2D eigenvalue weighted by atomic mass is 10.1. The summed E-state index contributed by atoms with van der Waals surface area (Å²) in [6, 6.07) is 2.64. The summed E-state index contributed by atoms with van der Waals surface area (Å²) in [4.78, 5) is 9.48. The third-order valence-electron chi connectivity index (χ3n) is 3.86. The lowest BCUT2D eigenvalue weighted by molar-refractivity contribution is 0.568. The zero-order valence-electron chi connectivity index (χ0n) is 13.5. The molecule has 2 atom stereocenters. The molecule has 0 saturated carbocycles. The molecule has 11 heteroatoms. The van der Waals surface area contributed by atoms with Crippen molar-refractivity contribution in [1.82, 2.24) is 19.5 Å². The Morgan fingerprint density at radius 3 is 2.92 bits per heavy atom. The highest BCUT2D eigenvalue weighted by Crippen LogP contribution is 2.37. The van der Waals surface area contributed by atoms with Gasteiger partial charge in [0.15, 0.2) is 0 Å². The maximum atomic E-state index is 14.5. The summed E-state index contributed by atoms with van der Waals surface area (Å²) in [7, 11) is 0.258. The molecule has 1 aliphatic rings. The maximum absolute atomic E-state index is 14.5. The Hall–Kier alpha value is -2.66. The second kappa shape index (κ2) is 6.57. The van der Waals surface area contributed by atoms with Crippen LogP contribution >= 0.6 is 11.3 Å². The van der Waals surface area contributed by atoms with E-state index in [2.05, 4.69) is 20.2 Å². The molecule has 8 nitrogen and oxygen atoms in total. The van der Waals surface area contributed by atoms with Crippen molar-refractivity contribution in [2.45, 2.75) is 6.04 Å². The van der Waals surface area contributed by atoms with Crippen LogP contribution in [0, 0.1) is 5.82 Å². The Labute approximate surface area is 154 Å². The molecule has 0 spiro atoms. The molecule has 4 heterocycles. The first-order valence-electron chi connectivity index (χ1n) is 7.49. The zero-order valence-corrected chi connectivity index (χ0v) is 15.1. The number of guanidine groups is 1. The fraction of sp³-hybridized carbons (Fsp3) is 0.200. The molecule has 26 heavy (non-hydrogen) atoms. The zero-order chi connectivity index (χ0) is 18.3. The molecule has 0 saturated heterocycles. The van der Waals surface area contributed by atoms with Crippen LogP contribution in [0.1, 0.15) is 10.9 Å². The molecule has 0 aliphatic carbocycles. The number of rotatable bonds is 3. The highest BCUT2D eigenvalue weighted by atomic mass is 32.2. The minimum absolute atomic E-state index is 0.133. The standard InChI is InChI=1S/C15H13FN6O2S2/c1-22-15(17)20-11(6-26(22)23)13-10(16)3-12(25-13)8-2-9(5-18-4-8)14-21-19-7-24-14/h2-5,7,11H,6H2,1H3,(H2,17,20). The molecular weight excluding hydrogens is 379 g/mol. The lowest BCUT2D eigenvalue weighted by Crippen LogP contribution is -2.41. The second-order valence-electron chi connectivity index (χ2n) is 5.52. The number of nitrogens with zero attached hydrogens (tertiary/aromatic N) is 5. The van der Waals surface area contributed by atoms with Gasteiger partial charge in [0.05, 0.1) is 16.2 Å². The van der Waals surface area contributed by atoms with Crippen molar-refractivity contribution >= 4 is 28.3 Å². The molecule has 3 aromatic rings. The van der Waals surface area contributed by atoms with Crippen molar-refractivity contribution < 1.29 is 13.0 Å². The molecule has 4 rings (SSSR count). The van der Waals surface area contributed by atoms with Gasteiger partial charge < -0.3 is 10.2 Å². The molecule has 3 aromatic heterocycles. The Morgan fingerprint density at radius 1 is 1.38 bits per heavy atom. The minimum atomic E-state index is -1.34. The third kappa shape index (κ3) is 2.99. The fourth-order valence-corrected chi connectivity index (χ4v) is 4.66. The molecule has 0 amide bonds. The van der Waals surface area contributed by atoms with Crippen molar-refractivity contribution in [3.63, 3.8) is 0 Å². The van der Waals surface area contributed by atoms with Crippen molar-refractivity contribution in [2.75, 3.05) is 12.8 Å². The van der Waals surface area contributed by atoms with E-state index in [-0.39, 0.29) is 11.7 Å².